The topological polar surface area (TPSA) is 49.3 Å². The maximum Gasteiger partial charge on any atom is 0.193 e. The standard InChI is InChI=1S/C25H34N4O2.HI/c1-19-9-10-23(30-3)21(15-19)11-12-27-25(26-2)29-17-22-24(18-29)31-14-13-28(22)16-20-7-5-4-6-8-20;/h4-10,15,22,24H,11-14,16-18H2,1-3H3,(H,26,27);1H. The fourth-order valence-corrected chi connectivity index (χ4v) is 4.69. The third kappa shape index (κ3) is 5.94. The van der Waals surface area contributed by atoms with Gasteiger partial charge in [-0.3, -0.25) is 9.89 Å². The molecule has 2 aliphatic rings. The average Bonchev–Trinajstić information content (AvgIpc) is 3.23. The fraction of sp³-hybridized carbons (Fsp3) is 0.480. The zero-order valence-electron chi connectivity index (χ0n) is 19.3. The molecule has 2 fully saturated rings. The van der Waals surface area contributed by atoms with Crippen molar-refractivity contribution in [1.82, 2.24) is 15.1 Å². The molecule has 0 bridgehead atoms. The first-order valence-electron chi connectivity index (χ1n) is 11.2. The summed E-state index contributed by atoms with van der Waals surface area (Å²) in [5.74, 6) is 1.89. The van der Waals surface area contributed by atoms with Crippen molar-refractivity contribution in [3.05, 3.63) is 65.2 Å². The smallest absolute Gasteiger partial charge is 0.193 e. The highest BCUT2D eigenvalue weighted by Gasteiger charge is 2.41. The lowest BCUT2D eigenvalue weighted by Crippen LogP contribution is -2.50. The molecule has 2 heterocycles. The number of halogens is 1. The minimum absolute atomic E-state index is 0. The molecule has 0 amide bonds. The second kappa shape index (κ2) is 11.9. The van der Waals surface area contributed by atoms with Crippen molar-refractivity contribution in [2.45, 2.75) is 32.0 Å². The van der Waals surface area contributed by atoms with Crippen LogP contribution in [0.15, 0.2) is 53.5 Å². The quantitative estimate of drug-likeness (QED) is 0.340. The van der Waals surface area contributed by atoms with Crippen molar-refractivity contribution in [2.75, 3.05) is 46.9 Å². The van der Waals surface area contributed by atoms with Crippen molar-refractivity contribution in [3.63, 3.8) is 0 Å². The molecule has 2 aromatic rings. The number of benzene rings is 2. The van der Waals surface area contributed by atoms with Gasteiger partial charge in [0.25, 0.3) is 0 Å². The average molecular weight is 550 g/mol. The van der Waals surface area contributed by atoms with E-state index in [1.807, 2.05) is 13.1 Å². The van der Waals surface area contributed by atoms with Gasteiger partial charge >= 0.3 is 0 Å². The third-order valence-electron chi connectivity index (χ3n) is 6.27. The number of aryl methyl sites for hydroxylation is 1. The number of methoxy groups -OCH3 is 1. The zero-order chi connectivity index (χ0) is 21.6. The molecule has 0 spiro atoms. The molecular weight excluding hydrogens is 515 g/mol. The number of ether oxygens (including phenoxy) is 2. The number of likely N-dealkylation sites (tertiary alicyclic amines) is 1. The van der Waals surface area contributed by atoms with E-state index in [1.165, 1.54) is 16.7 Å². The summed E-state index contributed by atoms with van der Waals surface area (Å²) in [5, 5.41) is 3.55. The first-order chi connectivity index (χ1) is 15.2. The molecule has 0 radical (unpaired) electrons. The molecule has 32 heavy (non-hydrogen) atoms. The van der Waals surface area contributed by atoms with Gasteiger partial charge in [0.15, 0.2) is 5.96 Å². The van der Waals surface area contributed by atoms with Crippen LogP contribution in [0, 0.1) is 6.92 Å². The van der Waals surface area contributed by atoms with Crippen molar-refractivity contribution in [2.24, 2.45) is 4.99 Å². The van der Waals surface area contributed by atoms with E-state index in [4.69, 9.17) is 9.47 Å². The van der Waals surface area contributed by atoms with Gasteiger partial charge in [0.1, 0.15) is 5.75 Å². The molecule has 2 aromatic carbocycles. The molecule has 2 aliphatic heterocycles. The van der Waals surface area contributed by atoms with Gasteiger partial charge in [-0.05, 0) is 30.5 Å². The molecule has 2 atom stereocenters. The largest absolute Gasteiger partial charge is 0.496 e. The van der Waals surface area contributed by atoms with Crippen molar-refractivity contribution >= 4 is 29.9 Å². The van der Waals surface area contributed by atoms with E-state index < -0.39 is 0 Å². The van der Waals surface area contributed by atoms with E-state index in [2.05, 4.69) is 69.5 Å². The summed E-state index contributed by atoms with van der Waals surface area (Å²) in [6.45, 7) is 7.48. The van der Waals surface area contributed by atoms with Crippen LogP contribution in [0.3, 0.4) is 0 Å². The van der Waals surface area contributed by atoms with Gasteiger partial charge in [-0.25, -0.2) is 0 Å². The van der Waals surface area contributed by atoms with Crippen LogP contribution in [0.25, 0.3) is 0 Å². The molecule has 0 aliphatic carbocycles. The second-order valence-corrected chi connectivity index (χ2v) is 8.38. The summed E-state index contributed by atoms with van der Waals surface area (Å²) in [6, 6.07) is 17.4. The maximum absolute atomic E-state index is 6.13. The van der Waals surface area contributed by atoms with E-state index in [9.17, 15) is 0 Å². The molecule has 1 N–H and O–H groups in total. The van der Waals surface area contributed by atoms with Crippen molar-refractivity contribution < 1.29 is 9.47 Å². The first kappa shape index (κ1) is 24.8. The number of hydrogen-bond acceptors (Lipinski definition) is 4. The minimum Gasteiger partial charge on any atom is -0.496 e. The van der Waals surface area contributed by atoms with Gasteiger partial charge in [-0.2, -0.15) is 0 Å². The molecule has 4 rings (SSSR count). The Morgan fingerprint density at radius 1 is 1.19 bits per heavy atom. The lowest BCUT2D eigenvalue weighted by atomic mass is 10.1. The number of hydrogen-bond donors (Lipinski definition) is 1. The van der Waals surface area contributed by atoms with E-state index in [0.717, 1.165) is 57.5 Å². The summed E-state index contributed by atoms with van der Waals surface area (Å²) in [5.41, 5.74) is 3.83. The molecular formula is C25H35IN4O2. The van der Waals surface area contributed by atoms with Gasteiger partial charge in [0.2, 0.25) is 0 Å². The molecule has 0 saturated carbocycles. The number of nitrogens with zero attached hydrogens (tertiary/aromatic N) is 3. The summed E-state index contributed by atoms with van der Waals surface area (Å²) in [6.07, 6.45) is 1.12. The van der Waals surface area contributed by atoms with Crippen LogP contribution in [-0.4, -0.2) is 74.8 Å². The number of fused-ring (bicyclic) bond motifs is 1. The minimum atomic E-state index is 0. The first-order valence-corrected chi connectivity index (χ1v) is 11.2. The Morgan fingerprint density at radius 3 is 2.75 bits per heavy atom. The zero-order valence-corrected chi connectivity index (χ0v) is 21.6. The van der Waals surface area contributed by atoms with Crippen LogP contribution in [0.5, 0.6) is 5.75 Å². The number of morpholine rings is 1. The summed E-state index contributed by atoms with van der Waals surface area (Å²) in [4.78, 5) is 9.46. The maximum atomic E-state index is 6.13. The monoisotopic (exact) mass is 550 g/mol. The van der Waals surface area contributed by atoms with Crippen LogP contribution in [0.2, 0.25) is 0 Å². The highest BCUT2D eigenvalue weighted by atomic mass is 127. The van der Waals surface area contributed by atoms with Crippen LogP contribution >= 0.6 is 24.0 Å². The second-order valence-electron chi connectivity index (χ2n) is 8.38. The SMILES string of the molecule is CN=C(NCCc1cc(C)ccc1OC)N1CC2OCCN(Cc3ccccc3)C2C1.I. The number of aliphatic imine (C=N–C) groups is 1. The Morgan fingerprint density at radius 2 is 2.00 bits per heavy atom. The molecule has 2 saturated heterocycles. The third-order valence-corrected chi connectivity index (χ3v) is 6.27. The van der Waals surface area contributed by atoms with E-state index in [0.29, 0.717) is 6.04 Å². The van der Waals surface area contributed by atoms with Crippen LogP contribution in [0.1, 0.15) is 16.7 Å². The Bertz CT molecular complexity index is 893. The van der Waals surface area contributed by atoms with Crippen LogP contribution < -0.4 is 10.1 Å². The fourth-order valence-electron chi connectivity index (χ4n) is 4.69. The van der Waals surface area contributed by atoms with Gasteiger partial charge in [0, 0.05) is 39.8 Å². The number of rotatable bonds is 6. The Labute approximate surface area is 209 Å². The normalized spacial score (nSPS) is 21.1. The summed E-state index contributed by atoms with van der Waals surface area (Å²) < 4.78 is 11.6. The Hall–Kier alpha value is -1.84. The van der Waals surface area contributed by atoms with Crippen LogP contribution in [0.4, 0.5) is 0 Å². The van der Waals surface area contributed by atoms with Gasteiger partial charge in [0.05, 0.1) is 25.9 Å². The molecule has 2 unspecified atom stereocenters. The highest BCUT2D eigenvalue weighted by molar-refractivity contribution is 14.0. The predicted octanol–water partition coefficient (Wildman–Crippen LogP) is 3.32. The van der Waals surface area contributed by atoms with Crippen molar-refractivity contribution in [1.29, 1.82) is 0 Å². The lowest BCUT2D eigenvalue weighted by molar-refractivity contribution is -0.0502. The summed E-state index contributed by atoms with van der Waals surface area (Å²) in [7, 11) is 3.59. The van der Waals surface area contributed by atoms with Gasteiger partial charge < -0.3 is 19.7 Å². The predicted molar refractivity (Wildman–Crippen MR) is 140 cm³/mol. The van der Waals surface area contributed by atoms with Gasteiger partial charge in [-0.1, -0.05) is 48.0 Å². The summed E-state index contributed by atoms with van der Waals surface area (Å²) >= 11 is 0. The van der Waals surface area contributed by atoms with E-state index in [-0.39, 0.29) is 30.1 Å². The van der Waals surface area contributed by atoms with Crippen molar-refractivity contribution in [3.8, 4) is 5.75 Å². The Balaban J connectivity index is 0.00000289. The van der Waals surface area contributed by atoms with Gasteiger partial charge in [-0.15, -0.1) is 24.0 Å². The number of nitrogens with one attached hydrogen (secondary N) is 1. The molecule has 7 heteroatoms. The van der Waals surface area contributed by atoms with Crippen LogP contribution in [-0.2, 0) is 17.7 Å². The molecule has 0 aromatic heterocycles. The number of guanidine groups is 1. The van der Waals surface area contributed by atoms with E-state index >= 15 is 0 Å². The molecule has 174 valence electrons. The lowest BCUT2D eigenvalue weighted by Gasteiger charge is -2.36. The Kier molecular flexibility index (Phi) is 9.19. The van der Waals surface area contributed by atoms with E-state index in [1.54, 1.807) is 7.11 Å². The highest BCUT2D eigenvalue weighted by Crippen LogP contribution is 2.25. The molecule has 6 nitrogen and oxygen atoms in total.